The number of nitrogens with one attached hydrogen (secondary N) is 1. The van der Waals surface area contributed by atoms with Gasteiger partial charge in [0.05, 0.1) is 5.54 Å². The number of fused-ring (bicyclic) bond motifs is 2. The number of benzene rings is 2. The first-order valence-electron chi connectivity index (χ1n) is 7.95. The van der Waals surface area contributed by atoms with Crippen LogP contribution in [0.1, 0.15) is 23.6 Å². The zero-order valence-corrected chi connectivity index (χ0v) is 14.7. The lowest BCUT2D eigenvalue weighted by molar-refractivity contribution is -0.135. The van der Waals surface area contributed by atoms with Crippen LogP contribution >= 0.6 is 15.9 Å². The van der Waals surface area contributed by atoms with Crippen LogP contribution < -0.4 is 5.32 Å². The summed E-state index contributed by atoms with van der Waals surface area (Å²) in [4.78, 5) is 14.5. The highest BCUT2D eigenvalue weighted by atomic mass is 79.9. The molecular formula is C19H19BrN2O. The summed E-state index contributed by atoms with van der Waals surface area (Å²) >= 11 is 3.54. The van der Waals surface area contributed by atoms with E-state index in [1.165, 1.54) is 16.7 Å². The van der Waals surface area contributed by atoms with E-state index < -0.39 is 0 Å². The highest BCUT2D eigenvalue weighted by Gasteiger charge is 2.44. The Morgan fingerprint density at radius 3 is 2.48 bits per heavy atom. The van der Waals surface area contributed by atoms with E-state index in [0.29, 0.717) is 6.54 Å². The van der Waals surface area contributed by atoms with Gasteiger partial charge >= 0.3 is 0 Å². The third-order valence-electron chi connectivity index (χ3n) is 5.11. The first-order chi connectivity index (χ1) is 11.1. The fourth-order valence-corrected chi connectivity index (χ4v) is 4.40. The van der Waals surface area contributed by atoms with E-state index in [-0.39, 0.29) is 11.4 Å². The first kappa shape index (κ1) is 14.8. The predicted octanol–water partition coefficient (Wildman–Crippen LogP) is 3.76. The molecule has 0 radical (unpaired) electrons. The largest absolute Gasteiger partial charge is 0.382 e. The van der Waals surface area contributed by atoms with Gasteiger partial charge in [-0.1, -0.05) is 40.2 Å². The maximum absolute atomic E-state index is 12.4. The third kappa shape index (κ3) is 2.45. The average Bonchev–Trinajstić information content (AvgIpc) is 2.82. The Kier molecular flexibility index (Phi) is 3.45. The Labute approximate surface area is 144 Å². The van der Waals surface area contributed by atoms with Gasteiger partial charge in [0.2, 0.25) is 5.91 Å². The van der Waals surface area contributed by atoms with E-state index >= 15 is 0 Å². The predicted molar refractivity (Wildman–Crippen MR) is 95.4 cm³/mol. The number of amides is 1. The van der Waals surface area contributed by atoms with Crippen LogP contribution in [0.2, 0.25) is 0 Å². The summed E-state index contributed by atoms with van der Waals surface area (Å²) in [7, 11) is 0. The molecule has 0 unspecified atom stereocenters. The molecule has 0 bridgehead atoms. The molecule has 0 saturated carbocycles. The molecule has 2 aromatic carbocycles. The monoisotopic (exact) mass is 370 g/mol. The molecule has 1 aliphatic heterocycles. The van der Waals surface area contributed by atoms with Crippen molar-refractivity contribution < 1.29 is 4.79 Å². The normalized spacial score (nSPS) is 18.1. The van der Waals surface area contributed by atoms with Crippen molar-refractivity contribution >= 4 is 27.5 Å². The zero-order chi connectivity index (χ0) is 16.0. The second-order valence-corrected chi connectivity index (χ2v) is 7.52. The molecule has 23 heavy (non-hydrogen) atoms. The highest BCUT2D eigenvalue weighted by molar-refractivity contribution is 9.10. The number of hydrogen-bond donors (Lipinski definition) is 1. The minimum atomic E-state index is -0.166. The van der Waals surface area contributed by atoms with Gasteiger partial charge in [0, 0.05) is 30.2 Å². The summed E-state index contributed by atoms with van der Waals surface area (Å²) in [6.07, 6.45) is 1.84. The van der Waals surface area contributed by atoms with Gasteiger partial charge in [0.1, 0.15) is 0 Å². The van der Waals surface area contributed by atoms with Crippen LogP contribution in [0.3, 0.4) is 0 Å². The van der Waals surface area contributed by atoms with Crippen LogP contribution in [0.25, 0.3) is 0 Å². The Hall–Kier alpha value is -1.81. The summed E-state index contributed by atoms with van der Waals surface area (Å²) < 4.78 is 1.05. The van der Waals surface area contributed by atoms with E-state index in [4.69, 9.17) is 0 Å². The lowest BCUT2D eigenvalue weighted by Crippen LogP contribution is -2.54. The maximum Gasteiger partial charge on any atom is 0.220 e. The number of hydrogen-bond acceptors (Lipinski definition) is 2. The van der Waals surface area contributed by atoms with Crippen LogP contribution in [0, 0.1) is 0 Å². The molecule has 2 aliphatic rings. The number of nitrogens with zero attached hydrogens (tertiary/aromatic N) is 1. The molecule has 1 N–H and O–H groups in total. The fraction of sp³-hybridized carbons (Fsp3) is 0.316. The van der Waals surface area contributed by atoms with Gasteiger partial charge in [-0.2, -0.15) is 0 Å². The van der Waals surface area contributed by atoms with Crippen LogP contribution in [0.5, 0.6) is 0 Å². The fourth-order valence-electron chi connectivity index (χ4n) is 3.99. The van der Waals surface area contributed by atoms with Gasteiger partial charge in [-0.3, -0.25) is 4.79 Å². The van der Waals surface area contributed by atoms with Gasteiger partial charge in [-0.05, 0) is 47.7 Å². The van der Waals surface area contributed by atoms with Crippen molar-refractivity contribution in [3.63, 3.8) is 0 Å². The van der Waals surface area contributed by atoms with Crippen molar-refractivity contribution in [2.75, 3.05) is 11.9 Å². The number of halogens is 1. The molecular weight excluding hydrogens is 352 g/mol. The topological polar surface area (TPSA) is 32.3 Å². The molecule has 1 aliphatic carbocycles. The molecule has 1 amide bonds. The number of anilines is 1. The van der Waals surface area contributed by atoms with Gasteiger partial charge in [0.25, 0.3) is 0 Å². The summed E-state index contributed by atoms with van der Waals surface area (Å²) in [6, 6.07) is 14.8. The molecule has 1 spiro atoms. The molecule has 3 nitrogen and oxygen atoms in total. The Morgan fingerprint density at radius 2 is 1.83 bits per heavy atom. The summed E-state index contributed by atoms with van der Waals surface area (Å²) in [5.74, 6) is 0.146. The minimum absolute atomic E-state index is 0.146. The van der Waals surface area contributed by atoms with E-state index in [1.807, 2.05) is 6.07 Å². The van der Waals surface area contributed by atoms with Crippen LogP contribution in [-0.2, 0) is 24.2 Å². The standard InChI is InChI=1S/C19H19BrN2O/c1-13(23)22-11-16-8-17(20)6-7-18(16)21-12-19(22)9-14-4-2-3-5-15(14)10-19/h2-8,21H,9-12H2,1H3. The van der Waals surface area contributed by atoms with Gasteiger partial charge in [-0.25, -0.2) is 0 Å². The van der Waals surface area contributed by atoms with Crippen LogP contribution in [0.4, 0.5) is 5.69 Å². The van der Waals surface area contributed by atoms with Crippen LogP contribution in [-0.4, -0.2) is 22.9 Å². The van der Waals surface area contributed by atoms with Crippen molar-refractivity contribution in [3.05, 3.63) is 63.6 Å². The number of carbonyl (C=O) groups excluding carboxylic acids is 1. The van der Waals surface area contributed by atoms with Crippen molar-refractivity contribution in [1.82, 2.24) is 4.90 Å². The Morgan fingerprint density at radius 1 is 1.13 bits per heavy atom. The van der Waals surface area contributed by atoms with Gasteiger partial charge < -0.3 is 10.2 Å². The van der Waals surface area contributed by atoms with Gasteiger partial charge in [-0.15, -0.1) is 0 Å². The van der Waals surface area contributed by atoms with E-state index in [0.717, 1.165) is 29.5 Å². The van der Waals surface area contributed by atoms with Crippen molar-refractivity contribution in [1.29, 1.82) is 0 Å². The SMILES string of the molecule is CC(=O)N1Cc2cc(Br)ccc2NCC12Cc1ccccc1C2. The lowest BCUT2D eigenvalue weighted by Gasteiger charge is -2.39. The highest BCUT2D eigenvalue weighted by Crippen LogP contribution is 2.39. The molecule has 2 aromatic rings. The second-order valence-electron chi connectivity index (χ2n) is 6.61. The van der Waals surface area contributed by atoms with Gasteiger partial charge in [0.15, 0.2) is 0 Å². The van der Waals surface area contributed by atoms with E-state index in [9.17, 15) is 4.79 Å². The molecule has 1 heterocycles. The first-order valence-corrected chi connectivity index (χ1v) is 8.74. The lowest BCUT2D eigenvalue weighted by atomic mass is 9.93. The average molecular weight is 371 g/mol. The quantitative estimate of drug-likeness (QED) is 0.765. The third-order valence-corrected chi connectivity index (χ3v) is 5.61. The zero-order valence-electron chi connectivity index (χ0n) is 13.1. The van der Waals surface area contributed by atoms with E-state index in [1.54, 1.807) is 6.92 Å². The molecule has 0 saturated heterocycles. The molecule has 0 aromatic heterocycles. The number of rotatable bonds is 0. The molecule has 118 valence electrons. The van der Waals surface area contributed by atoms with Crippen molar-refractivity contribution in [2.45, 2.75) is 31.8 Å². The molecule has 0 fully saturated rings. The Balaban J connectivity index is 1.76. The summed E-state index contributed by atoms with van der Waals surface area (Å²) in [5, 5.41) is 3.59. The summed E-state index contributed by atoms with van der Waals surface area (Å²) in [6.45, 7) is 3.13. The molecule has 0 atom stereocenters. The maximum atomic E-state index is 12.4. The second kappa shape index (κ2) is 5.38. The summed E-state index contributed by atoms with van der Waals surface area (Å²) in [5.41, 5.74) is 4.87. The van der Waals surface area contributed by atoms with E-state index in [2.05, 4.69) is 62.5 Å². The van der Waals surface area contributed by atoms with Crippen molar-refractivity contribution in [3.8, 4) is 0 Å². The Bertz CT molecular complexity index is 762. The molecule has 4 rings (SSSR count). The van der Waals surface area contributed by atoms with Crippen LogP contribution in [0.15, 0.2) is 46.9 Å². The molecule has 4 heteroatoms. The smallest absolute Gasteiger partial charge is 0.220 e. The minimum Gasteiger partial charge on any atom is -0.382 e. The van der Waals surface area contributed by atoms with Crippen molar-refractivity contribution in [2.24, 2.45) is 0 Å². The number of carbonyl (C=O) groups is 1.